The van der Waals surface area contributed by atoms with Gasteiger partial charge < -0.3 is 19.5 Å². The molecular formula is C27H30N2O6S. The van der Waals surface area contributed by atoms with Crippen molar-refractivity contribution in [3.63, 3.8) is 0 Å². The summed E-state index contributed by atoms with van der Waals surface area (Å²) in [6.07, 6.45) is 0. The average Bonchev–Trinajstić information content (AvgIpc) is 2.90. The van der Waals surface area contributed by atoms with Gasteiger partial charge >= 0.3 is 0 Å². The lowest BCUT2D eigenvalue weighted by atomic mass is 10.0. The number of para-hydroxylation sites is 1. The van der Waals surface area contributed by atoms with Crippen LogP contribution in [0.15, 0.2) is 77.7 Å². The minimum absolute atomic E-state index is 0.0846. The highest BCUT2D eigenvalue weighted by Gasteiger charge is 2.28. The van der Waals surface area contributed by atoms with Gasteiger partial charge in [0.05, 0.1) is 17.1 Å². The predicted molar refractivity (Wildman–Crippen MR) is 137 cm³/mol. The fraction of sp³-hybridized carbons (Fsp3) is 0.296. The first-order valence-electron chi connectivity index (χ1n) is 11.8. The minimum Gasteiger partial charge on any atom is -0.491 e. The lowest BCUT2D eigenvalue weighted by Gasteiger charge is -2.26. The van der Waals surface area contributed by atoms with E-state index < -0.39 is 22.5 Å². The molecule has 1 amide bonds. The maximum atomic E-state index is 13.5. The molecule has 0 radical (unpaired) electrons. The highest BCUT2D eigenvalue weighted by Crippen LogP contribution is 2.35. The number of amides is 1. The van der Waals surface area contributed by atoms with Crippen molar-refractivity contribution in [3.05, 3.63) is 78.4 Å². The monoisotopic (exact) mass is 510 g/mol. The van der Waals surface area contributed by atoms with Gasteiger partial charge in [-0.05, 0) is 41.8 Å². The van der Waals surface area contributed by atoms with Gasteiger partial charge in [-0.1, -0.05) is 50.2 Å². The summed E-state index contributed by atoms with van der Waals surface area (Å²) in [7, 11) is -4.02. The van der Waals surface area contributed by atoms with E-state index in [1.165, 1.54) is 12.1 Å². The van der Waals surface area contributed by atoms with Crippen molar-refractivity contribution in [2.45, 2.75) is 24.7 Å². The van der Waals surface area contributed by atoms with Crippen LogP contribution >= 0.6 is 0 Å². The van der Waals surface area contributed by atoms with Crippen LogP contribution in [0.5, 0.6) is 17.2 Å². The average molecular weight is 511 g/mol. The van der Waals surface area contributed by atoms with Gasteiger partial charge in [-0.25, -0.2) is 8.42 Å². The molecule has 3 aromatic rings. The number of hydrogen-bond acceptors (Lipinski definition) is 6. The zero-order valence-corrected chi connectivity index (χ0v) is 21.2. The molecule has 0 aromatic heterocycles. The van der Waals surface area contributed by atoms with E-state index in [-0.39, 0.29) is 18.0 Å². The van der Waals surface area contributed by atoms with Crippen molar-refractivity contribution >= 4 is 21.6 Å². The molecule has 0 atom stereocenters. The zero-order chi connectivity index (χ0) is 25.5. The van der Waals surface area contributed by atoms with Gasteiger partial charge in [0.2, 0.25) is 5.91 Å². The Hall–Kier alpha value is -3.72. The number of nitrogens with zero attached hydrogens (tertiary/aromatic N) is 1. The molecule has 0 aliphatic carbocycles. The second-order valence-corrected chi connectivity index (χ2v) is 10.4. The Bertz CT molecular complexity index is 1290. The molecule has 0 unspecified atom stereocenters. The van der Waals surface area contributed by atoms with E-state index in [0.29, 0.717) is 36.3 Å². The van der Waals surface area contributed by atoms with Gasteiger partial charge in [0, 0.05) is 6.07 Å². The van der Waals surface area contributed by atoms with E-state index in [2.05, 4.69) is 19.2 Å². The first-order chi connectivity index (χ1) is 17.4. The van der Waals surface area contributed by atoms with E-state index in [1.54, 1.807) is 36.4 Å². The van der Waals surface area contributed by atoms with Crippen molar-refractivity contribution in [1.29, 1.82) is 0 Å². The number of ether oxygens (including phenoxy) is 3. The molecule has 0 saturated heterocycles. The van der Waals surface area contributed by atoms with Crippen molar-refractivity contribution in [3.8, 4) is 17.2 Å². The quantitative estimate of drug-likeness (QED) is 0.415. The molecule has 1 N–H and O–H groups in total. The van der Waals surface area contributed by atoms with E-state index >= 15 is 0 Å². The van der Waals surface area contributed by atoms with Crippen LogP contribution in [0.2, 0.25) is 0 Å². The van der Waals surface area contributed by atoms with Crippen LogP contribution in [0.1, 0.15) is 25.3 Å². The molecule has 8 nitrogen and oxygen atoms in total. The van der Waals surface area contributed by atoms with Gasteiger partial charge in [0.25, 0.3) is 10.0 Å². The van der Waals surface area contributed by atoms with E-state index in [1.807, 2.05) is 24.3 Å². The minimum atomic E-state index is -4.02. The standard InChI is InChI=1S/C27H30N2O6S/c1-20(2)23-10-6-7-11-24(23)33-15-14-28-27(30)19-29(36(31,32)22-8-4-3-5-9-22)21-12-13-25-26(18-21)35-17-16-34-25/h3-13,18,20H,14-17,19H2,1-2H3,(H,28,30). The van der Waals surface area contributed by atoms with Crippen molar-refractivity contribution in [1.82, 2.24) is 5.32 Å². The van der Waals surface area contributed by atoms with Gasteiger partial charge in [0.1, 0.15) is 32.1 Å². The lowest BCUT2D eigenvalue weighted by Crippen LogP contribution is -2.42. The van der Waals surface area contributed by atoms with Crippen LogP contribution in [0.4, 0.5) is 5.69 Å². The summed E-state index contributed by atoms with van der Waals surface area (Å²) >= 11 is 0. The van der Waals surface area contributed by atoms with E-state index in [4.69, 9.17) is 14.2 Å². The number of hydrogen-bond donors (Lipinski definition) is 1. The van der Waals surface area contributed by atoms with E-state index in [9.17, 15) is 13.2 Å². The number of nitrogens with one attached hydrogen (secondary N) is 1. The fourth-order valence-electron chi connectivity index (χ4n) is 3.85. The summed E-state index contributed by atoms with van der Waals surface area (Å²) in [5, 5.41) is 2.76. The van der Waals surface area contributed by atoms with Crippen LogP contribution in [0.3, 0.4) is 0 Å². The molecule has 4 rings (SSSR count). The summed E-state index contributed by atoms with van der Waals surface area (Å²) < 4.78 is 45.1. The Kier molecular flexibility index (Phi) is 8.00. The van der Waals surface area contributed by atoms with Gasteiger partial charge in [-0.3, -0.25) is 9.10 Å². The summed E-state index contributed by atoms with van der Waals surface area (Å²) in [4.78, 5) is 12.9. The highest BCUT2D eigenvalue weighted by atomic mass is 32.2. The van der Waals surface area contributed by atoms with Crippen LogP contribution in [-0.4, -0.2) is 47.2 Å². The SMILES string of the molecule is CC(C)c1ccccc1OCCNC(=O)CN(c1ccc2c(c1)OCCO2)S(=O)(=O)c1ccccc1. The summed E-state index contributed by atoms with van der Waals surface area (Å²) in [6.45, 7) is 5.04. The lowest BCUT2D eigenvalue weighted by molar-refractivity contribution is -0.119. The van der Waals surface area contributed by atoms with Crippen molar-refractivity contribution < 1.29 is 27.4 Å². The van der Waals surface area contributed by atoms with Crippen molar-refractivity contribution in [2.24, 2.45) is 0 Å². The Labute approximate surface area is 211 Å². The largest absolute Gasteiger partial charge is 0.491 e. The first kappa shape index (κ1) is 25.4. The number of fused-ring (bicyclic) bond motifs is 1. The molecule has 36 heavy (non-hydrogen) atoms. The number of anilines is 1. The van der Waals surface area contributed by atoms with E-state index in [0.717, 1.165) is 15.6 Å². The van der Waals surface area contributed by atoms with Crippen molar-refractivity contribution in [2.75, 3.05) is 37.2 Å². The van der Waals surface area contributed by atoms with Gasteiger partial charge in [-0.15, -0.1) is 0 Å². The molecule has 0 fully saturated rings. The van der Waals surface area contributed by atoms with Crippen LogP contribution in [0.25, 0.3) is 0 Å². The summed E-state index contributed by atoms with van der Waals surface area (Å²) in [5.41, 5.74) is 1.39. The second-order valence-electron chi connectivity index (χ2n) is 8.54. The number of rotatable bonds is 10. The Morgan fingerprint density at radius 3 is 2.42 bits per heavy atom. The molecule has 1 aliphatic heterocycles. The second kappa shape index (κ2) is 11.3. The third-order valence-corrected chi connectivity index (χ3v) is 7.44. The Balaban J connectivity index is 1.47. The Morgan fingerprint density at radius 2 is 1.67 bits per heavy atom. The molecule has 9 heteroatoms. The van der Waals surface area contributed by atoms with Crippen LogP contribution in [0, 0.1) is 0 Å². The number of benzene rings is 3. The highest BCUT2D eigenvalue weighted by molar-refractivity contribution is 7.92. The number of carbonyl (C=O) groups excluding carboxylic acids is 1. The normalized spacial score (nSPS) is 12.8. The molecular weight excluding hydrogens is 480 g/mol. The molecule has 0 saturated carbocycles. The maximum Gasteiger partial charge on any atom is 0.264 e. The molecule has 1 heterocycles. The summed E-state index contributed by atoms with van der Waals surface area (Å²) in [6, 6.07) is 20.6. The molecule has 0 spiro atoms. The number of carbonyl (C=O) groups is 1. The molecule has 3 aromatic carbocycles. The fourth-order valence-corrected chi connectivity index (χ4v) is 5.28. The van der Waals surface area contributed by atoms with Gasteiger partial charge in [-0.2, -0.15) is 0 Å². The molecule has 190 valence electrons. The molecule has 0 bridgehead atoms. The first-order valence-corrected chi connectivity index (χ1v) is 13.3. The third-order valence-electron chi connectivity index (χ3n) is 5.65. The molecule has 1 aliphatic rings. The summed E-state index contributed by atoms with van der Waals surface area (Å²) in [5.74, 6) is 1.59. The topological polar surface area (TPSA) is 94.2 Å². The smallest absolute Gasteiger partial charge is 0.264 e. The van der Waals surface area contributed by atoms with Crippen LogP contribution < -0.4 is 23.8 Å². The zero-order valence-electron chi connectivity index (χ0n) is 20.3. The maximum absolute atomic E-state index is 13.5. The van der Waals surface area contributed by atoms with Gasteiger partial charge in [0.15, 0.2) is 11.5 Å². The predicted octanol–water partition coefficient (Wildman–Crippen LogP) is 3.97. The van der Waals surface area contributed by atoms with Crippen LogP contribution in [-0.2, 0) is 14.8 Å². The Morgan fingerprint density at radius 1 is 0.972 bits per heavy atom. The third kappa shape index (κ3) is 5.91. The number of sulfonamides is 1.